The maximum atomic E-state index is 8.66. The number of rotatable bonds is 5. The maximum absolute atomic E-state index is 8.66. The molecule has 0 aliphatic heterocycles. The monoisotopic (exact) mass is 235 g/mol. The fourth-order valence-corrected chi connectivity index (χ4v) is 1.81. The molecule has 0 spiro atoms. The van der Waals surface area contributed by atoms with E-state index in [1.165, 1.54) is 0 Å². The Morgan fingerprint density at radius 2 is 1.94 bits per heavy atom. The molecule has 1 rings (SSSR count). The summed E-state index contributed by atoms with van der Waals surface area (Å²) >= 11 is 4.31. The Morgan fingerprint density at radius 1 is 1.31 bits per heavy atom. The molecule has 3 heteroatoms. The molecule has 0 heterocycles. The van der Waals surface area contributed by atoms with Crippen molar-refractivity contribution >= 4 is 12.6 Å². The summed E-state index contributed by atoms with van der Waals surface area (Å²) in [5.41, 5.74) is 0.655. The van der Waals surface area contributed by atoms with Gasteiger partial charge in [0.05, 0.1) is 18.2 Å². The molecule has 0 saturated heterocycles. The van der Waals surface area contributed by atoms with Gasteiger partial charge in [0.2, 0.25) is 0 Å². The van der Waals surface area contributed by atoms with Crippen LogP contribution in [-0.2, 0) is 0 Å². The van der Waals surface area contributed by atoms with Gasteiger partial charge in [-0.15, -0.1) is 0 Å². The summed E-state index contributed by atoms with van der Waals surface area (Å²) in [6.07, 6.45) is 0. The van der Waals surface area contributed by atoms with Crippen LogP contribution in [-0.4, -0.2) is 12.4 Å². The van der Waals surface area contributed by atoms with Gasteiger partial charge < -0.3 is 4.74 Å². The van der Waals surface area contributed by atoms with Crippen molar-refractivity contribution in [2.24, 2.45) is 11.8 Å². The number of benzene rings is 1. The van der Waals surface area contributed by atoms with Crippen molar-refractivity contribution in [3.05, 3.63) is 29.8 Å². The molecule has 0 aliphatic carbocycles. The first-order chi connectivity index (χ1) is 7.67. The van der Waals surface area contributed by atoms with E-state index in [1.807, 2.05) is 12.1 Å². The third-order valence-electron chi connectivity index (χ3n) is 2.62. The number of hydrogen-bond donors (Lipinski definition) is 1. The van der Waals surface area contributed by atoms with Crippen LogP contribution in [0.3, 0.4) is 0 Å². The van der Waals surface area contributed by atoms with Crippen molar-refractivity contribution in [2.75, 3.05) is 12.4 Å². The first kappa shape index (κ1) is 12.9. The minimum atomic E-state index is 0.457. The van der Waals surface area contributed by atoms with Crippen molar-refractivity contribution in [3.63, 3.8) is 0 Å². The number of hydrogen-bond acceptors (Lipinski definition) is 3. The van der Waals surface area contributed by atoms with Gasteiger partial charge in [-0.25, -0.2) is 0 Å². The Labute approximate surface area is 103 Å². The predicted molar refractivity (Wildman–Crippen MR) is 68.8 cm³/mol. The number of nitriles is 1. The molecule has 0 aromatic heterocycles. The zero-order valence-corrected chi connectivity index (χ0v) is 10.6. The maximum Gasteiger partial charge on any atom is 0.119 e. The second kappa shape index (κ2) is 6.44. The molecule has 0 N–H and O–H groups in total. The number of nitrogens with zero attached hydrogens (tertiary/aromatic N) is 1. The quantitative estimate of drug-likeness (QED) is 0.795. The lowest BCUT2D eigenvalue weighted by Gasteiger charge is -2.18. The molecule has 2 nitrogen and oxygen atoms in total. The van der Waals surface area contributed by atoms with E-state index in [0.717, 1.165) is 11.5 Å². The fourth-order valence-electron chi connectivity index (χ4n) is 1.28. The van der Waals surface area contributed by atoms with Gasteiger partial charge in [-0.2, -0.15) is 17.9 Å². The van der Waals surface area contributed by atoms with Crippen LogP contribution in [0.4, 0.5) is 0 Å². The molecule has 86 valence electrons. The van der Waals surface area contributed by atoms with Crippen molar-refractivity contribution in [1.82, 2.24) is 0 Å². The second-order valence-corrected chi connectivity index (χ2v) is 4.50. The molecule has 1 aromatic carbocycles. The second-order valence-electron chi connectivity index (χ2n) is 4.13. The highest BCUT2D eigenvalue weighted by Gasteiger charge is 2.12. The molecule has 0 aliphatic rings. The Balaban J connectivity index is 2.51. The number of thiol groups is 1. The summed E-state index contributed by atoms with van der Waals surface area (Å²) in [5.74, 6) is 2.66. The average molecular weight is 235 g/mol. The first-order valence-electron chi connectivity index (χ1n) is 5.41. The molecule has 16 heavy (non-hydrogen) atoms. The molecular weight excluding hydrogens is 218 g/mol. The van der Waals surface area contributed by atoms with Gasteiger partial charge in [-0.05, 0) is 35.9 Å². The van der Waals surface area contributed by atoms with Gasteiger partial charge in [0.1, 0.15) is 5.75 Å². The smallest absolute Gasteiger partial charge is 0.119 e. The Bertz CT molecular complexity index is 353. The van der Waals surface area contributed by atoms with E-state index in [-0.39, 0.29) is 0 Å². The van der Waals surface area contributed by atoms with Crippen LogP contribution in [0.1, 0.15) is 19.4 Å². The Hall–Kier alpha value is -1.14. The SMILES string of the molecule is CC(C)C(CS)COc1ccc(C#N)cc1. The van der Waals surface area contributed by atoms with Crippen molar-refractivity contribution in [2.45, 2.75) is 13.8 Å². The van der Waals surface area contributed by atoms with Crippen molar-refractivity contribution in [3.8, 4) is 11.8 Å². The third kappa shape index (κ3) is 3.79. The Kier molecular flexibility index (Phi) is 5.21. The topological polar surface area (TPSA) is 33.0 Å². The molecule has 0 fully saturated rings. The molecule has 1 unspecified atom stereocenters. The standard InChI is InChI=1S/C13H17NOS/c1-10(2)12(9-16)8-15-13-5-3-11(7-14)4-6-13/h3-6,10,12,16H,8-9H2,1-2H3. The first-order valence-corrected chi connectivity index (χ1v) is 6.04. The zero-order chi connectivity index (χ0) is 12.0. The van der Waals surface area contributed by atoms with E-state index in [4.69, 9.17) is 10.00 Å². The zero-order valence-electron chi connectivity index (χ0n) is 9.68. The molecule has 0 radical (unpaired) electrons. The average Bonchev–Trinajstić information content (AvgIpc) is 2.30. The lowest BCUT2D eigenvalue weighted by atomic mass is 9.99. The van der Waals surface area contributed by atoms with Crippen LogP contribution in [0.5, 0.6) is 5.75 Å². The highest BCUT2D eigenvalue weighted by Crippen LogP contribution is 2.17. The van der Waals surface area contributed by atoms with Crippen LogP contribution < -0.4 is 4.74 Å². The van der Waals surface area contributed by atoms with Crippen LogP contribution in [0, 0.1) is 23.2 Å². The fraction of sp³-hybridized carbons (Fsp3) is 0.462. The van der Waals surface area contributed by atoms with Gasteiger partial charge in [-0.3, -0.25) is 0 Å². The summed E-state index contributed by atoms with van der Waals surface area (Å²) in [5, 5.41) is 8.66. The number of ether oxygens (including phenoxy) is 1. The molecule has 1 aromatic rings. The van der Waals surface area contributed by atoms with Crippen LogP contribution in [0.25, 0.3) is 0 Å². The van der Waals surface area contributed by atoms with Gasteiger partial charge in [-0.1, -0.05) is 13.8 Å². The van der Waals surface area contributed by atoms with E-state index in [1.54, 1.807) is 12.1 Å². The lowest BCUT2D eigenvalue weighted by molar-refractivity contribution is 0.227. The highest BCUT2D eigenvalue weighted by molar-refractivity contribution is 7.80. The summed E-state index contributed by atoms with van der Waals surface area (Å²) in [7, 11) is 0. The summed E-state index contributed by atoms with van der Waals surface area (Å²) in [6.45, 7) is 5.01. The summed E-state index contributed by atoms with van der Waals surface area (Å²) in [4.78, 5) is 0. The third-order valence-corrected chi connectivity index (χ3v) is 3.09. The molecule has 0 saturated carbocycles. The van der Waals surface area contributed by atoms with Crippen molar-refractivity contribution < 1.29 is 4.74 Å². The molecule has 0 bridgehead atoms. The van der Waals surface area contributed by atoms with E-state index >= 15 is 0 Å². The molecule has 0 amide bonds. The largest absolute Gasteiger partial charge is 0.493 e. The van der Waals surface area contributed by atoms with E-state index in [2.05, 4.69) is 32.5 Å². The molecular formula is C13H17NOS. The van der Waals surface area contributed by atoms with E-state index < -0.39 is 0 Å². The minimum Gasteiger partial charge on any atom is -0.493 e. The highest BCUT2D eigenvalue weighted by atomic mass is 32.1. The predicted octanol–water partition coefficient (Wildman–Crippen LogP) is 3.14. The minimum absolute atomic E-state index is 0.457. The van der Waals surface area contributed by atoms with E-state index in [0.29, 0.717) is 24.0 Å². The van der Waals surface area contributed by atoms with Gasteiger partial charge in [0.15, 0.2) is 0 Å². The van der Waals surface area contributed by atoms with Crippen molar-refractivity contribution in [1.29, 1.82) is 5.26 Å². The molecule has 1 atom stereocenters. The van der Waals surface area contributed by atoms with Crippen LogP contribution >= 0.6 is 12.6 Å². The van der Waals surface area contributed by atoms with E-state index in [9.17, 15) is 0 Å². The van der Waals surface area contributed by atoms with Gasteiger partial charge in [0, 0.05) is 5.92 Å². The van der Waals surface area contributed by atoms with Gasteiger partial charge >= 0.3 is 0 Å². The Morgan fingerprint density at radius 3 is 2.38 bits per heavy atom. The van der Waals surface area contributed by atoms with Crippen LogP contribution in [0.2, 0.25) is 0 Å². The van der Waals surface area contributed by atoms with Crippen LogP contribution in [0.15, 0.2) is 24.3 Å². The normalized spacial score (nSPS) is 12.2. The van der Waals surface area contributed by atoms with Gasteiger partial charge in [0.25, 0.3) is 0 Å². The summed E-state index contributed by atoms with van der Waals surface area (Å²) in [6, 6.07) is 9.26. The lowest BCUT2D eigenvalue weighted by Crippen LogP contribution is -2.19. The summed E-state index contributed by atoms with van der Waals surface area (Å²) < 4.78 is 5.66.